The van der Waals surface area contributed by atoms with Crippen molar-refractivity contribution in [1.29, 1.82) is 0 Å². The Hall–Kier alpha value is -2.16. The molecule has 0 saturated heterocycles. The molecular weight excluding hydrogens is 457 g/mol. The summed E-state index contributed by atoms with van der Waals surface area (Å²) >= 11 is 6.43. The van der Waals surface area contributed by atoms with Crippen LogP contribution in [0.2, 0.25) is 5.02 Å². The summed E-state index contributed by atoms with van der Waals surface area (Å²) in [4.78, 5) is 13.0. The minimum absolute atomic E-state index is 0.00778. The quantitative estimate of drug-likeness (QED) is 0.583. The number of carbonyl (C=O) groups is 1. The van der Waals surface area contributed by atoms with E-state index in [9.17, 15) is 18.0 Å². The highest BCUT2D eigenvalue weighted by molar-refractivity contribution is 6.36. The van der Waals surface area contributed by atoms with Crippen LogP contribution in [0.25, 0.3) is 0 Å². The summed E-state index contributed by atoms with van der Waals surface area (Å²) in [5.74, 6) is 2.08. The first-order valence-electron chi connectivity index (χ1n) is 11.6. The molecule has 3 heterocycles. The lowest BCUT2D eigenvalue weighted by Gasteiger charge is -2.56. The zero-order valence-electron chi connectivity index (χ0n) is 18.0. The van der Waals surface area contributed by atoms with Gasteiger partial charge < -0.3 is 15.1 Å². The second-order valence-electron chi connectivity index (χ2n) is 10.6. The van der Waals surface area contributed by atoms with Gasteiger partial charge in [0.25, 0.3) is 5.91 Å². The van der Waals surface area contributed by atoms with Crippen LogP contribution in [0.15, 0.2) is 22.8 Å². The van der Waals surface area contributed by atoms with Gasteiger partial charge in [0.1, 0.15) is 16.6 Å². The number of furan rings is 1. The van der Waals surface area contributed by atoms with Crippen molar-refractivity contribution in [2.45, 2.75) is 63.2 Å². The molecule has 2 N–H and O–H groups in total. The Morgan fingerprint density at radius 2 is 1.88 bits per heavy atom. The average Bonchev–Trinajstić information content (AvgIpc) is 3.38. The fourth-order valence-corrected chi connectivity index (χ4v) is 7.53. The number of nitrogens with zero attached hydrogens (tertiary/aromatic N) is 2. The van der Waals surface area contributed by atoms with Gasteiger partial charge in [0.05, 0.1) is 12.3 Å². The highest BCUT2D eigenvalue weighted by Crippen LogP contribution is 2.59. The van der Waals surface area contributed by atoms with E-state index in [4.69, 9.17) is 16.0 Å². The van der Waals surface area contributed by atoms with Crippen molar-refractivity contribution >= 4 is 23.3 Å². The molecule has 1 amide bonds. The molecule has 4 fully saturated rings. The summed E-state index contributed by atoms with van der Waals surface area (Å²) in [6, 6.07) is 0.600. The monoisotopic (exact) mass is 482 g/mol. The lowest BCUT2D eigenvalue weighted by Crippen LogP contribution is -2.51. The Labute approximate surface area is 194 Å². The maximum Gasteiger partial charge on any atom is 0.410 e. The molecule has 2 aromatic rings. The number of carbonyl (C=O) groups excluding carboxylic acids is 1. The van der Waals surface area contributed by atoms with E-state index in [0.717, 1.165) is 41.7 Å². The molecule has 2 aromatic heterocycles. The molecule has 10 heteroatoms. The lowest BCUT2D eigenvalue weighted by molar-refractivity contribution is -0.174. The van der Waals surface area contributed by atoms with Crippen LogP contribution in [0.1, 0.15) is 73.3 Å². The van der Waals surface area contributed by atoms with E-state index in [1.807, 2.05) is 0 Å². The van der Waals surface area contributed by atoms with E-state index >= 15 is 0 Å². The lowest BCUT2D eigenvalue weighted by atomic mass is 9.49. The van der Waals surface area contributed by atoms with Gasteiger partial charge in [0, 0.05) is 13.0 Å². The van der Waals surface area contributed by atoms with E-state index in [1.165, 1.54) is 25.5 Å². The number of halogens is 4. The Bertz CT molecular complexity index is 1030. The van der Waals surface area contributed by atoms with E-state index in [-0.39, 0.29) is 28.4 Å². The third-order valence-electron chi connectivity index (χ3n) is 8.19. The summed E-state index contributed by atoms with van der Waals surface area (Å²) in [5.41, 5.74) is -0.0638. The van der Waals surface area contributed by atoms with Gasteiger partial charge in [-0.2, -0.15) is 18.3 Å². The second-order valence-corrected chi connectivity index (χ2v) is 10.9. The molecule has 7 rings (SSSR count). The Balaban J connectivity index is 1.24. The Morgan fingerprint density at radius 3 is 2.45 bits per heavy atom. The summed E-state index contributed by atoms with van der Waals surface area (Å²) in [5, 5.41) is 9.91. The van der Waals surface area contributed by atoms with E-state index in [2.05, 4.69) is 15.7 Å². The first-order chi connectivity index (χ1) is 15.7. The number of anilines is 1. The van der Waals surface area contributed by atoms with E-state index in [1.54, 1.807) is 12.1 Å². The van der Waals surface area contributed by atoms with Gasteiger partial charge in [-0.25, -0.2) is 4.68 Å². The molecule has 4 bridgehead atoms. The molecule has 0 spiro atoms. The van der Waals surface area contributed by atoms with Gasteiger partial charge in [-0.1, -0.05) is 11.6 Å². The van der Waals surface area contributed by atoms with Crippen LogP contribution in [0.5, 0.6) is 0 Å². The summed E-state index contributed by atoms with van der Waals surface area (Å²) in [6.45, 7) is 0.527. The minimum atomic E-state index is -4.55. The fraction of sp³-hybridized carbons (Fsp3) is 0.652. The number of fused-ring (bicyclic) bond motifs is 1. The number of hydrogen-bond donors (Lipinski definition) is 2. The van der Waals surface area contributed by atoms with Crippen LogP contribution in [-0.4, -0.2) is 28.4 Å². The number of rotatable bonds is 4. The molecule has 1 aliphatic heterocycles. The molecule has 5 aliphatic rings. The van der Waals surface area contributed by atoms with Crippen LogP contribution in [0.4, 0.5) is 19.0 Å². The Morgan fingerprint density at radius 1 is 1.21 bits per heavy atom. The third kappa shape index (κ3) is 3.63. The van der Waals surface area contributed by atoms with Crippen molar-refractivity contribution in [2.24, 2.45) is 23.2 Å². The number of amides is 1. The second kappa shape index (κ2) is 7.42. The SMILES string of the molecule is O=C(NCC12CC3CC(CC(C3)C1)C2)c1nn2c(c1Cl)N[C@@H](c1ccco1)C[C@@H]2C(F)(F)F. The van der Waals surface area contributed by atoms with Crippen molar-refractivity contribution in [3.05, 3.63) is 34.9 Å². The van der Waals surface area contributed by atoms with Crippen LogP contribution in [0.3, 0.4) is 0 Å². The fourth-order valence-electron chi connectivity index (χ4n) is 7.27. The topological polar surface area (TPSA) is 72.1 Å². The van der Waals surface area contributed by atoms with Gasteiger partial charge in [0.2, 0.25) is 0 Å². The Kier molecular flexibility index (Phi) is 4.81. The van der Waals surface area contributed by atoms with Gasteiger partial charge >= 0.3 is 6.18 Å². The third-order valence-corrected chi connectivity index (χ3v) is 8.54. The largest absolute Gasteiger partial charge is 0.467 e. The minimum Gasteiger partial charge on any atom is -0.467 e. The number of hydrogen-bond acceptors (Lipinski definition) is 4. The standard InChI is InChI=1S/C23H26ClF3N4O2/c24-18-19(21(32)28-11-22-8-12-4-13(9-22)6-14(5-12)10-22)30-31-17(23(25,26)27)7-15(29-20(18)31)16-2-1-3-33-16/h1-3,12-15,17,29H,4-11H2,(H,28,32)/t12?,13?,14?,15-,17-,22?/m1/s1. The van der Waals surface area contributed by atoms with Gasteiger partial charge in [-0.05, 0) is 73.8 Å². The van der Waals surface area contributed by atoms with Crippen molar-refractivity contribution in [3.63, 3.8) is 0 Å². The summed E-state index contributed by atoms with van der Waals surface area (Å²) in [7, 11) is 0. The number of nitrogens with one attached hydrogen (secondary N) is 2. The van der Waals surface area contributed by atoms with E-state index < -0.39 is 24.2 Å². The van der Waals surface area contributed by atoms with Crippen molar-refractivity contribution < 1.29 is 22.4 Å². The van der Waals surface area contributed by atoms with Crippen LogP contribution in [0, 0.1) is 23.2 Å². The first kappa shape index (κ1) is 21.4. The smallest absolute Gasteiger partial charge is 0.410 e. The first-order valence-corrected chi connectivity index (χ1v) is 12.0. The average molecular weight is 483 g/mol. The molecule has 2 atom stereocenters. The van der Waals surface area contributed by atoms with Crippen molar-refractivity contribution in [1.82, 2.24) is 15.1 Å². The van der Waals surface area contributed by atoms with Gasteiger partial charge in [-0.3, -0.25) is 4.79 Å². The molecule has 0 unspecified atom stereocenters. The summed E-state index contributed by atoms with van der Waals surface area (Å²) in [6.07, 6.45) is 3.81. The molecule has 6 nitrogen and oxygen atoms in total. The van der Waals surface area contributed by atoms with Crippen LogP contribution >= 0.6 is 11.6 Å². The number of aromatic nitrogens is 2. The predicted molar refractivity (Wildman–Crippen MR) is 115 cm³/mol. The maximum atomic E-state index is 13.9. The van der Waals surface area contributed by atoms with Crippen molar-refractivity contribution in [2.75, 3.05) is 11.9 Å². The molecule has 33 heavy (non-hydrogen) atoms. The molecule has 178 valence electrons. The van der Waals surface area contributed by atoms with E-state index in [0.29, 0.717) is 12.3 Å². The van der Waals surface area contributed by atoms with Crippen LogP contribution in [-0.2, 0) is 0 Å². The van der Waals surface area contributed by atoms with Crippen LogP contribution < -0.4 is 10.6 Å². The normalized spacial score (nSPS) is 34.7. The molecular formula is C23H26ClF3N4O2. The summed E-state index contributed by atoms with van der Waals surface area (Å²) < 4.78 is 47.8. The molecule has 0 aromatic carbocycles. The van der Waals surface area contributed by atoms with Gasteiger partial charge in [0.15, 0.2) is 11.7 Å². The van der Waals surface area contributed by atoms with Gasteiger partial charge in [-0.15, -0.1) is 0 Å². The highest BCUT2D eigenvalue weighted by Gasteiger charge is 2.51. The predicted octanol–water partition coefficient (Wildman–Crippen LogP) is 5.74. The molecule has 4 aliphatic carbocycles. The molecule has 4 saturated carbocycles. The number of alkyl halides is 3. The molecule has 0 radical (unpaired) electrons. The zero-order valence-corrected chi connectivity index (χ0v) is 18.8. The highest BCUT2D eigenvalue weighted by atomic mass is 35.5. The zero-order chi connectivity index (χ0) is 23.0. The van der Waals surface area contributed by atoms with Crippen molar-refractivity contribution in [3.8, 4) is 0 Å². The maximum absolute atomic E-state index is 13.9.